The summed E-state index contributed by atoms with van der Waals surface area (Å²) in [5.41, 5.74) is 4.67. The molecule has 0 saturated heterocycles. The van der Waals surface area contributed by atoms with Gasteiger partial charge in [-0.05, 0) is 12.5 Å². The fraction of sp³-hybridized carbons (Fsp3) is 0.0909. The lowest BCUT2D eigenvalue weighted by atomic mass is 10.1. The van der Waals surface area contributed by atoms with Crippen LogP contribution in [0.25, 0.3) is 11.3 Å². The number of thiazole rings is 1. The minimum atomic E-state index is 0.694. The molecule has 1 aromatic heterocycles. The van der Waals surface area contributed by atoms with E-state index in [4.69, 9.17) is 0 Å². The van der Waals surface area contributed by atoms with Crippen LogP contribution in [0.3, 0.4) is 0 Å². The van der Waals surface area contributed by atoms with E-state index in [1.165, 1.54) is 11.3 Å². The zero-order valence-corrected chi connectivity index (χ0v) is 8.54. The highest BCUT2D eigenvalue weighted by molar-refractivity contribution is 7.11. The second-order valence-electron chi connectivity index (χ2n) is 3.00. The number of aryl methyl sites for hydroxylation is 1. The Bertz CT molecular complexity index is 462. The predicted molar refractivity (Wildman–Crippen MR) is 57.7 cm³/mol. The second-order valence-corrected chi connectivity index (χ2v) is 3.88. The molecule has 0 spiro atoms. The van der Waals surface area contributed by atoms with Crippen molar-refractivity contribution in [2.75, 3.05) is 0 Å². The maximum atomic E-state index is 10.7. The minimum Gasteiger partial charge on any atom is -0.297 e. The first kappa shape index (κ1) is 9.09. The van der Waals surface area contributed by atoms with Crippen molar-refractivity contribution in [3.8, 4) is 11.3 Å². The molecule has 1 heterocycles. The highest BCUT2D eigenvalue weighted by Crippen LogP contribution is 2.26. The van der Waals surface area contributed by atoms with Gasteiger partial charge in [0.15, 0.2) is 6.29 Å². The van der Waals surface area contributed by atoms with E-state index in [0.717, 1.165) is 23.1 Å². The fourth-order valence-electron chi connectivity index (χ4n) is 1.38. The molecule has 0 radical (unpaired) electrons. The summed E-state index contributed by atoms with van der Waals surface area (Å²) in [4.78, 5) is 15.6. The Balaban J connectivity index is 2.60. The Kier molecular flexibility index (Phi) is 2.41. The molecule has 14 heavy (non-hydrogen) atoms. The van der Waals surface area contributed by atoms with Gasteiger partial charge in [0, 0.05) is 5.56 Å². The molecule has 0 aliphatic rings. The average Bonchev–Trinajstić information content (AvgIpc) is 2.66. The first-order chi connectivity index (χ1) is 6.83. The summed E-state index contributed by atoms with van der Waals surface area (Å²) in [6, 6.07) is 7.93. The van der Waals surface area contributed by atoms with Gasteiger partial charge in [-0.3, -0.25) is 4.79 Å². The van der Waals surface area contributed by atoms with Gasteiger partial charge in [0.25, 0.3) is 0 Å². The molecule has 3 heteroatoms. The maximum absolute atomic E-state index is 10.7. The Hall–Kier alpha value is -1.48. The summed E-state index contributed by atoms with van der Waals surface area (Å²) in [5, 5.41) is 0. The topological polar surface area (TPSA) is 30.0 Å². The predicted octanol–water partition coefficient (Wildman–Crippen LogP) is 2.93. The lowest BCUT2D eigenvalue weighted by Crippen LogP contribution is -1.86. The van der Waals surface area contributed by atoms with Gasteiger partial charge < -0.3 is 0 Å². The van der Waals surface area contributed by atoms with Crippen molar-refractivity contribution < 1.29 is 4.79 Å². The van der Waals surface area contributed by atoms with E-state index in [0.29, 0.717) is 4.88 Å². The summed E-state index contributed by atoms with van der Waals surface area (Å²) in [6.07, 6.45) is 0.861. The smallest absolute Gasteiger partial charge is 0.162 e. The van der Waals surface area contributed by atoms with Gasteiger partial charge in [-0.1, -0.05) is 24.3 Å². The molecule has 0 N–H and O–H groups in total. The van der Waals surface area contributed by atoms with E-state index < -0.39 is 0 Å². The largest absolute Gasteiger partial charge is 0.297 e. The number of carbonyl (C=O) groups excluding carboxylic acids is 1. The van der Waals surface area contributed by atoms with E-state index in [9.17, 15) is 4.79 Å². The molecule has 2 aromatic rings. The summed E-state index contributed by atoms with van der Waals surface area (Å²) in [7, 11) is 0. The van der Waals surface area contributed by atoms with Gasteiger partial charge in [-0.2, -0.15) is 0 Å². The normalized spacial score (nSPS) is 10.1. The van der Waals surface area contributed by atoms with Crippen LogP contribution < -0.4 is 0 Å². The first-order valence-electron chi connectivity index (χ1n) is 4.27. The Morgan fingerprint density at radius 3 is 2.86 bits per heavy atom. The van der Waals surface area contributed by atoms with Gasteiger partial charge >= 0.3 is 0 Å². The standard InChI is InChI=1S/C11H9NOS/c1-8-4-2-3-5-9(8)11-10(6-13)14-7-12-11/h2-7H,1H3. The van der Waals surface area contributed by atoms with Gasteiger partial charge in [0.2, 0.25) is 0 Å². The molecule has 0 fully saturated rings. The van der Waals surface area contributed by atoms with Crippen LogP contribution in [0.4, 0.5) is 0 Å². The third-order valence-corrected chi connectivity index (χ3v) is 2.86. The number of nitrogens with zero attached hydrogens (tertiary/aromatic N) is 1. The zero-order chi connectivity index (χ0) is 9.97. The van der Waals surface area contributed by atoms with Crippen LogP contribution in [0.15, 0.2) is 29.8 Å². The lowest BCUT2D eigenvalue weighted by Gasteiger charge is -2.01. The van der Waals surface area contributed by atoms with Crippen molar-refractivity contribution in [2.24, 2.45) is 0 Å². The zero-order valence-electron chi connectivity index (χ0n) is 7.73. The second kappa shape index (κ2) is 3.72. The van der Waals surface area contributed by atoms with Crippen molar-refractivity contribution in [1.82, 2.24) is 4.98 Å². The van der Waals surface area contributed by atoms with Crippen molar-refractivity contribution in [2.45, 2.75) is 6.92 Å². The molecule has 0 aliphatic heterocycles. The lowest BCUT2D eigenvalue weighted by molar-refractivity contribution is 0.112. The minimum absolute atomic E-state index is 0.694. The van der Waals surface area contributed by atoms with E-state index in [2.05, 4.69) is 4.98 Å². The molecular weight excluding hydrogens is 194 g/mol. The highest BCUT2D eigenvalue weighted by atomic mass is 32.1. The Morgan fingerprint density at radius 1 is 1.36 bits per heavy atom. The number of carbonyl (C=O) groups is 1. The number of hydrogen-bond acceptors (Lipinski definition) is 3. The van der Waals surface area contributed by atoms with Gasteiger partial charge in [0.05, 0.1) is 16.1 Å². The molecule has 70 valence electrons. The highest BCUT2D eigenvalue weighted by Gasteiger charge is 2.08. The first-order valence-corrected chi connectivity index (χ1v) is 5.15. The van der Waals surface area contributed by atoms with Crippen LogP contribution in [-0.2, 0) is 0 Å². The molecule has 0 aliphatic carbocycles. The Morgan fingerprint density at radius 2 is 2.14 bits per heavy atom. The molecule has 2 rings (SSSR count). The molecule has 0 saturated carbocycles. The van der Waals surface area contributed by atoms with Crippen LogP contribution in [0.1, 0.15) is 15.2 Å². The summed E-state index contributed by atoms with van der Waals surface area (Å²) in [6.45, 7) is 2.02. The van der Waals surface area contributed by atoms with Gasteiger partial charge in [0.1, 0.15) is 0 Å². The molecular formula is C11H9NOS. The van der Waals surface area contributed by atoms with E-state index in [-0.39, 0.29) is 0 Å². The summed E-state index contributed by atoms with van der Waals surface area (Å²) >= 11 is 1.37. The van der Waals surface area contributed by atoms with Gasteiger partial charge in [-0.25, -0.2) is 4.98 Å². The monoisotopic (exact) mass is 203 g/mol. The van der Waals surface area contributed by atoms with Crippen molar-refractivity contribution >= 4 is 17.6 Å². The molecule has 2 nitrogen and oxygen atoms in total. The quantitative estimate of drug-likeness (QED) is 0.702. The Labute approximate surface area is 86.2 Å². The molecule has 0 bridgehead atoms. The van der Waals surface area contributed by atoms with E-state index in [1.54, 1.807) is 5.51 Å². The molecule has 0 amide bonds. The third kappa shape index (κ3) is 1.46. The number of rotatable bonds is 2. The van der Waals surface area contributed by atoms with Crippen LogP contribution in [-0.4, -0.2) is 11.3 Å². The van der Waals surface area contributed by atoms with Crippen molar-refractivity contribution in [3.05, 3.63) is 40.2 Å². The van der Waals surface area contributed by atoms with Crippen molar-refractivity contribution in [1.29, 1.82) is 0 Å². The number of aromatic nitrogens is 1. The van der Waals surface area contributed by atoms with Crippen LogP contribution in [0, 0.1) is 6.92 Å². The number of hydrogen-bond donors (Lipinski definition) is 0. The SMILES string of the molecule is Cc1ccccc1-c1ncsc1C=O. The van der Waals surface area contributed by atoms with Crippen LogP contribution >= 0.6 is 11.3 Å². The van der Waals surface area contributed by atoms with Crippen LogP contribution in [0.2, 0.25) is 0 Å². The fourth-order valence-corrected chi connectivity index (χ4v) is 1.98. The number of benzene rings is 1. The molecule has 0 unspecified atom stereocenters. The van der Waals surface area contributed by atoms with E-state index >= 15 is 0 Å². The number of aldehydes is 1. The maximum Gasteiger partial charge on any atom is 0.162 e. The average molecular weight is 203 g/mol. The third-order valence-electron chi connectivity index (χ3n) is 2.10. The van der Waals surface area contributed by atoms with Crippen LogP contribution in [0.5, 0.6) is 0 Å². The summed E-state index contributed by atoms with van der Waals surface area (Å²) < 4.78 is 0. The molecule has 0 atom stereocenters. The summed E-state index contributed by atoms with van der Waals surface area (Å²) in [5.74, 6) is 0. The molecule has 1 aromatic carbocycles. The van der Waals surface area contributed by atoms with E-state index in [1.807, 2.05) is 31.2 Å². The van der Waals surface area contributed by atoms with Gasteiger partial charge in [-0.15, -0.1) is 11.3 Å². The van der Waals surface area contributed by atoms with Crippen molar-refractivity contribution in [3.63, 3.8) is 0 Å².